The first-order valence-corrected chi connectivity index (χ1v) is 11.8. The first-order chi connectivity index (χ1) is 17.0. The lowest BCUT2D eigenvalue weighted by Crippen LogP contribution is -2.54. The number of hydrogen-bond acceptors (Lipinski definition) is 3. The van der Waals surface area contributed by atoms with Crippen LogP contribution in [0.1, 0.15) is 53.0 Å². The molecule has 2 aromatic rings. The molecule has 3 rings (SSSR count). The number of halogens is 4. The molecule has 1 saturated heterocycles. The molecule has 1 atom stereocenters. The maximum absolute atomic E-state index is 13.2. The maximum Gasteiger partial charge on any atom is 0.416 e. The monoisotopic (exact) mass is 507 g/mol. The fourth-order valence-corrected chi connectivity index (χ4v) is 4.06. The highest BCUT2D eigenvalue weighted by molar-refractivity contribution is 5.97. The highest BCUT2D eigenvalue weighted by Crippen LogP contribution is 2.29. The van der Waals surface area contributed by atoms with E-state index in [1.165, 1.54) is 17.0 Å². The number of alkyl halides is 3. The van der Waals surface area contributed by atoms with Gasteiger partial charge in [-0.25, -0.2) is 4.39 Å². The summed E-state index contributed by atoms with van der Waals surface area (Å²) in [5.74, 6) is -1.79. The zero-order chi connectivity index (χ0) is 26.5. The summed E-state index contributed by atoms with van der Waals surface area (Å²) in [7, 11) is 0. The standard InChI is InChI=1S/C26H29F4N3O3/c1-16(2)15-31-24(35)22(32-23(34)18-5-9-21(27)10-6-18)17-11-13-33(14-12-17)25(36)19-3-7-20(8-4-19)26(28,29)30/h3-10,16-17,22H,11-15H2,1-2H3,(H,31,35)(H,32,34). The second kappa shape index (κ2) is 11.5. The van der Waals surface area contributed by atoms with E-state index in [0.717, 1.165) is 36.4 Å². The van der Waals surface area contributed by atoms with Gasteiger partial charge in [0, 0.05) is 30.8 Å². The summed E-state index contributed by atoms with van der Waals surface area (Å²) in [6.45, 7) is 4.87. The molecule has 6 nitrogen and oxygen atoms in total. The minimum absolute atomic E-state index is 0.150. The first kappa shape index (κ1) is 27.2. The molecule has 3 amide bonds. The smallest absolute Gasteiger partial charge is 0.354 e. The van der Waals surface area contributed by atoms with Gasteiger partial charge < -0.3 is 15.5 Å². The molecule has 0 saturated carbocycles. The summed E-state index contributed by atoms with van der Waals surface area (Å²) in [5, 5.41) is 5.60. The molecule has 1 unspecified atom stereocenters. The molecule has 2 aromatic carbocycles. The van der Waals surface area contributed by atoms with Crippen LogP contribution in [0.4, 0.5) is 17.6 Å². The van der Waals surface area contributed by atoms with Crippen molar-refractivity contribution in [3.05, 3.63) is 71.0 Å². The van der Waals surface area contributed by atoms with E-state index in [9.17, 15) is 31.9 Å². The van der Waals surface area contributed by atoms with E-state index in [-0.39, 0.29) is 42.0 Å². The highest BCUT2D eigenvalue weighted by atomic mass is 19.4. The topological polar surface area (TPSA) is 78.5 Å². The summed E-state index contributed by atoms with van der Waals surface area (Å²) in [4.78, 5) is 40.0. The predicted octanol–water partition coefficient (Wildman–Crippen LogP) is 4.27. The Morgan fingerprint density at radius 3 is 2.03 bits per heavy atom. The van der Waals surface area contributed by atoms with Gasteiger partial charge in [0.25, 0.3) is 11.8 Å². The molecule has 1 heterocycles. The molecule has 10 heteroatoms. The van der Waals surface area contributed by atoms with Crippen molar-refractivity contribution in [2.45, 2.75) is 38.9 Å². The second-order valence-electron chi connectivity index (χ2n) is 9.30. The summed E-state index contributed by atoms with van der Waals surface area (Å²) in [6.07, 6.45) is -3.66. The van der Waals surface area contributed by atoms with Crippen LogP contribution in [0.25, 0.3) is 0 Å². The van der Waals surface area contributed by atoms with Crippen LogP contribution in [0.15, 0.2) is 48.5 Å². The zero-order valence-corrected chi connectivity index (χ0v) is 20.1. The van der Waals surface area contributed by atoms with Gasteiger partial charge in [0.2, 0.25) is 5.91 Å². The lowest BCUT2D eigenvalue weighted by atomic mass is 9.88. The van der Waals surface area contributed by atoms with Crippen molar-refractivity contribution in [2.75, 3.05) is 19.6 Å². The lowest BCUT2D eigenvalue weighted by molar-refractivity contribution is -0.137. The first-order valence-electron chi connectivity index (χ1n) is 11.8. The average molecular weight is 508 g/mol. The fraction of sp³-hybridized carbons (Fsp3) is 0.423. The summed E-state index contributed by atoms with van der Waals surface area (Å²) in [6, 6.07) is 8.19. The van der Waals surface area contributed by atoms with Gasteiger partial charge in [0.05, 0.1) is 5.56 Å². The van der Waals surface area contributed by atoms with Crippen LogP contribution >= 0.6 is 0 Å². The van der Waals surface area contributed by atoms with E-state index in [4.69, 9.17) is 0 Å². The van der Waals surface area contributed by atoms with E-state index in [0.29, 0.717) is 19.4 Å². The minimum Gasteiger partial charge on any atom is -0.354 e. The van der Waals surface area contributed by atoms with E-state index in [1.54, 1.807) is 0 Å². The van der Waals surface area contributed by atoms with E-state index in [2.05, 4.69) is 10.6 Å². The number of amides is 3. The van der Waals surface area contributed by atoms with Gasteiger partial charge in [0.15, 0.2) is 0 Å². The zero-order valence-electron chi connectivity index (χ0n) is 20.1. The Kier molecular flexibility index (Phi) is 8.70. The third kappa shape index (κ3) is 7.05. The minimum atomic E-state index is -4.48. The van der Waals surface area contributed by atoms with Crippen molar-refractivity contribution in [2.24, 2.45) is 11.8 Å². The van der Waals surface area contributed by atoms with Crippen LogP contribution in [0, 0.1) is 17.7 Å². The molecule has 36 heavy (non-hydrogen) atoms. The normalized spacial score (nSPS) is 15.5. The Balaban J connectivity index is 1.67. The van der Waals surface area contributed by atoms with Gasteiger partial charge in [-0.05, 0) is 73.2 Å². The molecule has 0 aromatic heterocycles. The van der Waals surface area contributed by atoms with Crippen LogP contribution in [-0.2, 0) is 11.0 Å². The van der Waals surface area contributed by atoms with Crippen LogP contribution in [0.2, 0.25) is 0 Å². The number of benzene rings is 2. The van der Waals surface area contributed by atoms with Gasteiger partial charge in [-0.3, -0.25) is 14.4 Å². The quantitative estimate of drug-likeness (QED) is 0.550. The molecule has 2 N–H and O–H groups in total. The van der Waals surface area contributed by atoms with Gasteiger partial charge in [-0.2, -0.15) is 13.2 Å². The molecule has 1 aliphatic rings. The Morgan fingerprint density at radius 1 is 0.944 bits per heavy atom. The predicted molar refractivity (Wildman–Crippen MR) is 126 cm³/mol. The third-order valence-corrected chi connectivity index (χ3v) is 6.12. The highest BCUT2D eigenvalue weighted by Gasteiger charge is 2.35. The Morgan fingerprint density at radius 2 is 1.50 bits per heavy atom. The van der Waals surface area contributed by atoms with Crippen molar-refractivity contribution in [3.8, 4) is 0 Å². The maximum atomic E-state index is 13.2. The number of rotatable bonds is 7. The largest absolute Gasteiger partial charge is 0.416 e. The Hall–Kier alpha value is -3.43. The molecule has 0 aliphatic carbocycles. The van der Waals surface area contributed by atoms with E-state index < -0.39 is 35.4 Å². The molecule has 194 valence electrons. The molecule has 0 bridgehead atoms. The summed E-state index contributed by atoms with van der Waals surface area (Å²) >= 11 is 0. The SMILES string of the molecule is CC(C)CNC(=O)C(NC(=O)c1ccc(F)cc1)C1CCN(C(=O)c2ccc(C(F)(F)F)cc2)CC1. The van der Waals surface area contributed by atoms with Crippen LogP contribution in [0.5, 0.6) is 0 Å². The molecule has 0 spiro atoms. The van der Waals surface area contributed by atoms with Crippen LogP contribution in [-0.4, -0.2) is 48.3 Å². The van der Waals surface area contributed by atoms with Gasteiger partial charge >= 0.3 is 6.18 Å². The third-order valence-electron chi connectivity index (χ3n) is 6.12. The van der Waals surface area contributed by atoms with Crippen LogP contribution in [0.3, 0.4) is 0 Å². The van der Waals surface area contributed by atoms with E-state index >= 15 is 0 Å². The summed E-state index contributed by atoms with van der Waals surface area (Å²) in [5.41, 5.74) is -0.463. The van der Waals surface area contributed by atoms with Crippen molar-refractivity contribution in [1.82, 2.24) is 15.5 Å². The molecular weight excluding hydrogens is 478 g/mol. The van der Waals surface area contributed by atoms with Crippen molar-refractivity contribution >= 4 is 17.7 Å². The van der Waals surface area contributed by atoms with Gasteiger partial charge in [0.1, 0.15) is 11.9 Å². The van der Waals surface area contributed by atoms with Crippen LogP contribution < -0.4 is 10.6 Å². The number of nitrogens with zero attached hydrogens (tertiary/aromatic N) is 1. The van der Waals surface area contributed by atoms with Crippen molar-refractivity contribution in [1.29, 1.82) is 0 Å². The van der Waals surface area contributed by atoms with Gasteiger partial charge in [-0.15, -0.1) is 0 Å². The molecule has 1 aliphatic heterocycles. The van der Waals surface area contributed by atoms with E-state index in [1.807, 2.05) is 13.8 Å². The number of carbonyl (C=O) groups is 3. The number of hydrogen-bond donors (Lipinski definition) is 2. The average Bonchev–Trinajstić information content (AvgIpc) is 2.85. The molecule has 1 fully saturated rings. The number of likely N-dealkylation sites (tertiary alicyclic amines) is 1. The number of piperidine rings is 1. The molecule has 0 radical (unpaired) electrons. The summed E-state index contributed by atoms with van der Waals surface area (Å²) < 4.78 is 51.6. The Bertz CT molecular complexity index is 1060. The number of carbonyl (C=O) groups excluding carboxylic acids is 3. The lowest BCUT2D eigenvalue weighted by Gasteiger charge is -2.36. The van der Waals surface area contributed by atoms with Crippen molar-refractivity contribution < 1.29 is 31.9 Å². The molecular formula is C26H29F4N3O3. The second-order valence-corrected chi connectivity index (χ2v) is 9.30. The van der Waals surface area contributed by atoms with Crippen molar-refractivity contribution in [3.63, 3.8) is 0 Å². The Labute approximate surface area is 207 Å². The fourth-order valence-electron chi connectivity index (χ4n) is 4.06. The number of nitrogens with one attached hydrogen (secondary N) is 2. The van der Waals surface area contributed by atoms with Gasteiger partial charge in [-0.1, -0.05) is 13.8 Å².